The highest BCUT2D eigenvalue weighted by atomic mass is 16.3. The first-order chi connectivity index (χ1) is 20.5. The first-order valence-electron chi connectivity index (χ1n) is 14.5. The summed E-state index contributed by atoms with van der Waals surface area (Å²) < 4.78 is 0. The number of benzene rings is 2. The van der Waals surface area contributed by atoms with Crippen molar-refractivity contribution in [2.45, 2.75) is 70.1 Å². The number of carbonyl (C=O) groups excluding carboxylic acids is 5. The zero-order valence-electron chi connectivity index (χ0n) is 24.6. The van der Waals surface area contributed by atoms with E-state index in [1.165, 1.54) is 12.1 Å². The van der Waals surface area contributed by atoms with E-state index < -0.39 is 54.3 Å². The lowest BCUT2D eigenvalue weighted by molar-refractivity contribution is -0.133. The number of nitrogens with two attached hydrogens (primary N) is 1. The molecule has 8 N–H and O–H groups in total. The number of phenols is 1. The van der Waals surface area contributed by atoms with Crippen molar-refractivity contribution < 1.29 is 29.1 Å². The third kappa shape index (κ3) is 11.0. The fourth-order valence-corrected chi connectivity index (χ4v) is 4.74. The van der Waals surface area contributed by atoms with E-state index in [-0.39, 0.29) is 43.4 Å². The monoisotopic (exact) mass is 594 g/mol. The molecule has 1 heterocycles. The van der Waals surface area contributed by atoms with Crippen molar-refractivity contribution in [3.05, 3.63) is 65.7 Å². The van der Waals surface area contributed by atoms with E-state index in [0.29, 0.717) is 12.8 Å². The second kappa shape index (κ2) is 16.3. The molecule has 2 aromatic carbocycles. The van der Waals surface area contributed by atoms with Crippen LogP contribution in [-0.2, 0) is 36.8 Å². The highest BCUT2D eigenvalue weighted by Crippen LogP contribution is 2.12. The van der Waals surface area contributed by atoms with Crippen LogP contribution in [0.25, 0.3) is 0 Å². The number of hydrogen-bond donors (Lipinski definition) is 7. The second-order valence-electron chi connectivity index (χ2n) is 11.2. The van der Waals surface area contributed by atoms with Crippen LogP contribution < -0.4 is 32.3 Å². The Balaban J connectivity index is 1.75. The second-order valence-corrected chi connectivity index (χ2v) is 11.2. The van der Waals surface area contributed by atoms with E-state index in [1.54, 1.807) is 12.1 Å². The van der Waals surface area contributed by atoms with Crippen LogP contribution in [0, 0.1) is 5.92 Å². The van der Waals surface area contributed by atoms with Gasteiger partial charge in [-0.2, -0.15) is 0 Å². The lowest BCUT2D eigenvalue weighted by Gasteiger charge is -2.24. The lowest BCUT2D eigenvalue weighted by atomic mass is 10.0. The van der Waals surface area contributed by atoms with Crippen LogP contribution >= 0.6 is 0 Å². The average molecular weight is 595 g/mol. The van der Waals surface area contributed by atoms with Gasteiger partial charge in [0.1, 0.15) is 23.9 Å². The van der Waals surface area contributed by atoms with Crippen molar-refractivity contribution in [2.24, 2.45) is 11.7 Å². The Bertz CT molecular complexity index is 1250. The van der Waals surface area contributed by atoms with Crippen LogP contribution in [0.2, 0.25) is 0 Å². The molecule has 3 rings (SSSR count). The van der Waals surface area contributed by atoms with Gasteiger partial charge in [0.25, 0.3) is 0 Å². The van der Waals surface area contributed by atoms with E-state index in [2.05, 4.69) is 26.6 Å². The van der Waals surface area contributed by atoms with Crippen molar-refractivity contribution in [3.63, 3.8) is 0 Å². The maximum absolute atomic E-state index is 13.3. The molecule has 0 spiro atoms. The Morgan fingerprint density at radius 2 is 1.60 bits per heavy atom. The van der Waals surface area contributed by atoms with Gasteiger partial charge in [0.05, 0.1) is 12.6 Å². The SMILES string of the molecule is CC(C)CC1NC(=O)C(Cc2ccccc2)NC(=O)CNC(=O)C(NC(=O)[C@@H](N)Cc2ccc(O)cc2)CCCNC1=O. The summed E-state index contributed by atoms with van der Waals surface area (Å²) in [5.74, 6) is -2.44. The minimum atomic E-state index is -1.01. The standard InChI is InChI=1S/C31H42N6O6/c1-19(2)15-25-30(42)33-14-6-9-24(36-28(40)23(32)16-21-10-12-22(38)13-11-21)29(41)34-18-27(39)35-26(31(43)37-25)17-20-7-4-3-5-8-20/h3-5,7-8,10-13,19,23-26,38H,6,9,14-18,32H2,1-2H3,(H,33,42)(H,34,41)(H,35,39)(H,36,40)(H,37,43)/t23-,24?,25?,26?/m0/s1. The van der Waals surface area contributed by atoms with Crippen molar-refractivity contribution in [2.75, 3.05) is 13.1 Å². The fourth-order valence-electron chi connectivity index (χ4n) is 4.74. The molecule has 4 atom stereocenters. The Morgan fingerprint density at radius 3 is 2.28 bits per heavy atom. The molecule has 12 heteroatoms. The molecule has 1 aliphatic heterocycles. The quantitative estimate of drug-likeness (QED) is 0.224. The predicted octanol–water partition coefficient (Wildman–Crippen LogP) is 0.0314. The van der Waals surface area contributed by atoms with E-state index in [9.17, 15) is 29.1 Å². The third-order valence-corrected chi connectivity index (χ3v) is 7.03. The van der Waals surface area contributed by atoms with Crippen molar-refractivity contribution in [3.8, 4) is 5.75 Å². The van der Waals surface area contributed by atoms with E-state index in [4.69, 9.17) is 5.73 Å². The number of amides is 5. The summed E-state index contributed by atoms with van der Waals surface area (Å²) >= 11 is 0. The van der Waals surface area contributed by atoms with Crippen molar-refractivity contribution in [1.29, 1.82) is 0 Å². The zero-order chi connectivity index (χ0) is 31.4. The summed E-state index contributed by atoms with van der Waals surface area (Å²) in [7, 11) is 0. The van der Waals surface area contributed by atoms with Gasteiger partial charge in [-0.1, -0.05) is 56.3 Å². The summed E-state index contributed by atoms with van der Waals surface area (Å²) in [6.45, 7) is 3.66. The summed E-state index contributed by atoms with van der Waals surface area (Å²) in [4.78, 5) is 65.3. The molecular formula is C31H42N6O6. The molecular weight excluding hydrogens is 552 g/mol. The molecule has 0 bridgehead atoms. The van der Waals surface area contributed by atoms with Crippen LogP contribution in [0.15, 0.2) is 54.6 Å². The topological polar surface area (TPSA) is 192 Å². The zero-order valence-corrected chi connectivity index (χ0v) is 24.6. The van der Waals surface area contributed by atoms with Crippen molar-refractivity contribution in [1.82, 2.24) is 26.6 Å². The smallest absolute Gasteiger partial charge is 0.243 e. The number of nitrogens with one attached hydrogen (secondary N) is 5. The lowest BCUT2D eigenvalue weighted by Crippen LogP contribution is -2.56. The molecule has 5 amide bonds. The first-order valence-corrected chi connectivity index (χ1v) is 14.5. The normalized spacial score (nSPS) is 21.3. The Hall–Kier alpha value is -4.45. The number of carbonyl (C=O) groups is 5. The molecule has 12 nitrogen and oxygen atoms in total. The summed E-state index contributed by atoms with van der Waals surface area (Å²) in [6, 6.07) is 11.6. The first kappa shape index (κ1) is 33.1. The molecule has 43 heavy (non-hydrogen) atoms. The van der Waals surface area contributed by atoms with Gasteiger partial charge in [0.2, 0.25) is 29.5 Å². The minimum Gasteiger partial charge on any atom is -0.508 e. The van der Waals surface area contributed by atoms with Gasteiger partial charge in [-0.05, 0) is 54.9 Å². The summed E-state index contributed by atoms with van der Waals surface area (Å²) in [6.07, 6.45) is 1.26. The molecule has 232 valence electrons. The van der Waals surface area contributed by atoms with E-state index >= 15 is 0 Å². The van der Waals surface area contributed by atoms with Crippen LogP contribution in [0.5, 0.6) is 5.75 Å². The van der Waals surface area contributed by atoms with Crippen molar-refractivity contribution >= 4 is 29.5 Å². The summed E-state index contributed by atoms with van der Waals surface area (Å²) in [5.41, 5.74) is 7.64. The van der Waals surface area contributed by atoms with Gasteiger partial charge in [-0.15, -0.1) is 0 Å². The molecule has 3 unspecified atom stereocenters. The molecule has 1 fully saturated rings. The highest BCUT2D eigenvalue weighted by Gasteiger charge is 2.29. The number of rotatable bonds is 8. The van der Waals surface area contributed by atoms with E-state index in [0.717, 1.165) is 11.1 Å². The fraction of sp³-hybridized carbons (Fsp3) is 0.452. The molecule has 2 aromatic rings. The Kier molecular flexibility index (Phi) is 12.5. The highest BCUT2D eigenvalue weighted by molar-refractivity contribution is 5.94. The largest absolute Gasteiger partial charge is 0.508 e. The van der Waals surface area contributed by atoms with Gasteiger partial charge < -0.3 is 37.4 Å². The third-order valence-electron chi connectivity index (χ3n) is 7.03. The number of phenolic OH excluding ortho intramolecular Hbond substituents is 1. The minimum absolute atomic E-state index is 0.0899. The molecule has 1 saturated heterocycles. The molecule has 1 aliphatic rings. The van der Waals surface area contributed by atoms with Crippen LogP contribution in [0.4, 0.5) is 0 Å². The molecule has 0 radical (unpaired) electrons. The maximum atomic E-state index is 13.3. The van der Waals surface area contributed by atoms with Gasteiger partial charge in [0, 0.05) is 13.0 Å². The van der Waals surface area contributed by atoms with Gasteiger partial charge in [-0.25, -0.2) is 0 Å². The summed E-state index contributed by atoms with van der Waals surface area (Å²) in [5, 5.41) is 23.0. The predicted molar refractivity (Wildman–Crippen MR) is 160 cm³/mol. The maximum Gasteiger partial charge on any atom is 0.243 e. The van der Waals surface area contributed by atoms with Gasteiger partial charge >= 0.3 is 0 Å². The number of hydrogen-bond acceptors (Lipinski definition) is 7. The Morgan fingerprint density at radius 1 is 0.907 bits per heavy atom. The average Bonchev–Trinajstić information content (AvgIpc) is 2.97. The van der Waals surface area contributed by atoms with E-state index in [1.807, 2.05) is 44.2 Å². The van der Waals surface area contributed by atoms with Crippen LogP contribution in [0.3, 0.4) is 0 Å². The van der Waals surface area contributed by atoms with Crippen LogP contribution in [-0.4, -0.2) is 71.9 Å². The Labute approximate surface area is 251 Å². The molecule has 0 aromatic heterocycles. The van der Waals surface area contributed by atoms with Gasteiger partial charge in [-0.3, -0.25) is 24.0 Å². The molecule has 0 saturated carbocycles. The van der Waals surface area contributed by atoms with Crippen LogP contribution in [0.1, 0.15) is 44.2 Å². The van der Waals surface area contributed by atoms with Gasteiger partial charge in [0.15, 0.2) is 0 Å². The molecule has 0 aliphatic carbocycles. The number of aromatic hydroxyl groups is 1.